The Labute approximate surface area is 114 Å². The highest BCUT2D eigenvalue weighted by Crippen LogP contribution is 2.14. The number of aromatic nitrogens is 6. The van der Waals surface area contributed by atoms with Crippen molar-refractivity contribution in [1.29, 1.82) is 5.26 Å². The number of aromatic amines is 1. The fourth-order valence-electron chi connectivity index (χ4n) is 1.89. The van der Waals surface area contributed by atoms with E-state index >= 15 is 0 Å². The standard InChI is InChI=1S/C13H11N7/c1-8-3-10(6-14)5-11(4-8)20-18-13(17-19-20)12-15-7-9(2)16-12/h3-5,7H,1-2H3,(H,15,16). The molecule has 1 aromatic carbocycles. The van der Waals surface area contributed by atoms with Crippen LogP contribution in [0.5, 0.6) is 0 Å². The van der Waals surface area contributed by atoms with Crippen molar-refractivity contribution in [3.05, 3.63) is 41.2 Å². The summed E-state index contributed by atoms with van der Waals surface area (Å²) >= 11 is 0. The fourth-order valence-corrected chi connectivity index (χ4v) is 1.89. The molecule has 0 saturated heterocycles. The van der Waals surface area contributed by atoms with Crippen LogP contribution in [0.15, 0.2) is 24.4 Å². The molecule has 3 aromatic rings. The van der Waals surface area contributed by atoms with Crippen LogP contribution in [0.2, 0.25) is 0 Å². The third-order valence-electron chi connectivity index (χ3n) is 2.75. The van der Waals surface area contributed by atoms with Crippen LogP contribution in [0.1, 0.15) is 16.8 Å². The number of hydrogen-bond acceptors (Lipinski definition) is 5. The summed E-state index contributed by atoms with van der Waals surface area (Å²) in [4.78, 5) is 8.60. The lowest BCUT2D eigenvalue weighted by Crippen LogP contribution is -2.00. The molecule has 2 aromatic heterocycles. The van der Waals surface area contributed by atoms with Gasteiger partial charge in [0.25, 0.3) is 0 Å². The van der Waals surface area contributed by atoms with E-state index in [1.54, 1.807) is 18.3 Å². The largest absolute Gasteiger partial charge is 0.339 e. The van der Waals surface area contributed by atoms with Crippen LogP contribution in [0.3, 0.4) is 0 Å². The third kappa shape index (κ3) is 2.14. The maximum absolute atomic E-state index is 8.99. The van der Waals surface area contributed by atoms with Crippen LogP contribution in [-0.4, -0.2) is 30.2 Å². The number of benzene rings is 1. The molecule has 0 unspecified atom stereocenters. The number of H-pyrrole nitrogens is 1. The van der Waals surface area contributed by atoms with Crippen molar-refractivity contribution in [2.75, 3.05) is 0 Å². The van der Waals surface area contributed by atoms with Crippen LogP contribution >= 0.6 is 0 Å². The lowest BCUT2D eigenvalue weighted by molar-refractivity contribution is 0.719. The van der Waals surface area contributed by atoms with Gasteiger partial charge in [-0.1, -0.05) is 0 Å². The molecule has 0 atom stereocenters. The first-order valence-electron chi connectivity index (χ1n) is 6.00. The summed E-state index contributed by atoms with van der Waals surface area (Å²) in [6.07, 6.45) is 1.70. The second-order valence-electron chi connectivity index (χ2n) is 4.49. The lowest BCUT2D eigenvalue weighted by atomic mass is 10.1. The van der Waals surface area contributed by atoms with Crippen LogP contribution in [-0.2, 0) is 0 Å². The second-order valence-corrected chi connectivity index (χ2v) is 4.49. The van der Waals surface area contributed by atoms with Gasteiger partial charge in [0.05, 0.1) is 17.3 Å². The van der Waals surface area contributed by atoms with E-state index in [-0.39, 0.29) is 0 Å². The molecule has 0 amide bonds. The van der Waals surface area contributed by atoms with Crippen molar-refractivity contribution in [2.45, 2.75) is 13.8 Å². The first-order chi connectivity index (χ1) is 9.65. The van der Waals surface area contributed by atoms with Crippen molar-refractivity contribution in [2.24, 2.45) is 0 Å². The normalized spacial score (nSPS) is 10.4. The quantitative estimate of drug-likeness (QED) is 0.758. The van der Waals surface area contributed by atoms with Gasteiger partial charge in [-0.2, -0.15) is 5.26 Å². The Kier molecular flexibility index (Phi) is 2.76. The zero-order chi connectivity index (χ0) is 14.1. The molecule has 0 aliphatic rings. The number of imidazole rings is 1. The highest BCUT2D eigenvalue weighted by molar-refractivity contribution is 5.45. The van der Waals surface area contributed by atoms with Gasteiger partial charge in [-0.3, -0.25) is 0 Å². The van der Waals surface area contributed by atoms with E-state index in [1.807, 2.05) is 19.9 Å². The van der Waals surface area contributed by atoms with Gasteiger partial charge in [0.1, 0.15) is 0 Å². The molecule has 0 saturated carbocycles. The van der Waals surface area contributed by atoms with E-state index < -0.39 is 0 Å². The average molecular weight is 265 g/mol. The van der Waals surface area contributed by atoms with Crippen LogP contribution in [0, 0.1) is 25.2 Å². The Morgan fingerprint density at radius 2 is 2.10 bits per heavy atom. The number of hydrogen-bond donors (Lipinski definition) is 1. The molecular formula is C13H11N7. The third-order valence-corrected chi connectivity index (χ3v) is 2.75. The summed E-state index contributed by atoms with van der Waals surface area (Å²) in [6, 6.07) is 7.52. The summed E-state index contributed by atoms with van der Waals surface area (Å²) in [5.41, 5.74) is 3.15. The maximum atomic E-state index is 8.99. The molecule has 7 heteroatoms. The summed E-state index contributed by atoms with van der Waals surface area (Å²) in [5.74, 6) is 0.986. The lowest BCUT2D eigenvalue weighted by Gasteiger charge is -2.00. The zero-order valence-electron chi connectivity index (χ0n) is 11.0. The Bertz CT molecular complexity index is 806. The highest BCUT2D eigenvalue weighted by atomic mass is 15.6. The van der Waals surface area contributed by atoms with Crippen LogP contribution in [0.25, 0.3) is 17.3 Å². The molecule has 7 nitrogen and oxygen atoms in total. The van der Waals surface area contributed by atoms with Crippen molar-refractivity contribution < 1.29 is 0 Å². The van der Waals surface area contributed by atoms with E-state index in [2.05, 4.69) is 31.4 Å². The van der Waals surface area contributed by atoms with E-state index in [4.69, 9.17) is 5.26 Å². The molecule has 1 N–H and O–H groups in total. The minimum atomic E-state index is 0.415. The van der Waals surface area contributed by atoms with Crippen molar-refractivity contribution in [3.8, 4) is 23.4 Å². The summed E-state index contributed by atoms with van der Waals surface area (Å²) < 4.78 is 0. The Balaban J connectivity index is 2.02. The number of nitriles is 1. The number of aryl methyl sites for hydroxylation is 2. The van der Waals surface area contributed by atoms with E-state index in [0.717, 1.165) is 11.3 Å². The molecule has 0 fully saturated rings. The number of nitrogens with one attached hydrogen (secondary N) is 1. The van der Waals surface area contributed by atoms with Crippen LogP contribution < -0.4 is 0 Å². The van der Waals surface area contributed by atoms with Gasteiger partial charge in [-0.05, 0) is 42.8 Å². The Hall–Kier alpha value is -3.01. The smallest absolute Gasteiger partial charge is 0.240 e. The number of tetrazole rings is 1. The molecule has 0 spiro atoms. The molecular weight excluding hydrogens is 254 g/mol. The molecule has 2 heterocycles. The minimum Gasteiger partial charge on any atom is -0.339 e. The highest BCUT2D eigenvalue weighted by Gasteiger charge is 2.10. The monoisotopic (exact) mass is 265 g/mol. The van der Waals surface area contributed by atoms with Gasteiger partial charge >= 0.3 is 0 Å². The minimum absolute atomic E-state index is 0.415. The molecule has 0 aliphatic carbocycles. The fraction of sp³-hybridized carbons (Fsp3) is 0.154. The van der Waals surface area contributed by atoms with Gasteiger partial charge < -0.3 is 4.98 Å². The molecule has 0 aliphatic heterocycles. The topological polar surface area (TPSA) is 96.1 Å². The second kappa shape index (κ2) is 4.59. The maximum Gasteiger partial charge on any atom is 0.240 e. The van der Waals surface area contributed by atoms with Gasteiger partial charge in [-0.15, -0.1) is 15.0 Å². The Morgan fingerprint density at radius 1 is 1.25 bits per heavy atom. The molecule has 0 radical (unpaired) electrons. The van der Waals surface area contributed by atoms with Crippen molar-refractivity contribution in [3.63, 3.8) is 0 Å². The average Bonchev–Trinajstić information content (AvgIpc) is 3.06. The SMILES string of the molecule is Cc1cc(C#N)cc(-n2nnc(-c3ncc(C)[nH]3)n2)c1. The van der Waals surface area contributed by atoms with E-state index in [9.17, 15) is 0 Å². The predicted octanol–water partition coefficient (Wildman–Crippen LogP) is 1.54. The molecule has 98 valence electrons. The van der Waals surface area contributed by atoms with Crippen molar-refractivity contribution >= 4 is 0 Å². The molecule has 3 rings (SSSR count). The number of nitrogens with zero attached hydrogens (tertiary/aromatic N) is 6. The first-order valence-corrected chi connectivity index (χ1v) is 6.00. The van der Waals surface area contributed by atoms with E-state index in [1.165, 1.54) is 4.80 Å². The van der Waals surface area contributed by atoms with Gasteiger partial charge in [0.15, 0.2) is 5.82 Å². The summed E-state index contributed by atoms with van der Waals surface area (Å²) in [7, 11) is 0. The Morgan fingerprint density at radius 3 is 2.80 bits per heavy atom. The predicted molar refractivity (Wildman–Crippen MR) is 70.9 cm³/mol. The summed E-state index contributed by atoms with van der Waals surface area (Å²) in [5, 5.41) is 21.2. The van der Waals surface area contributed by atoms with Crippen LogP contribution in [0.4, 0.5) is 0 Å². The van der Waals surface area contributed by atoms with Gasteiger partial charge in [0.2, 0.25) is 5.82 Å². The summed E-state index contributed by atoms with van der Waals surface area (Å²) in [6.45, 7) is 3.82. The van der Waals surface area contributed by atoms with Gasteiger partial charge in [0, 0.05) is 11.9 Å². The molecule has 20 heavy (non-hydrogen) atoms. The van der Waals surface area contributed by atoms with Crippen molar-refractivity contribution in [1.82, 2.24) is 30.2 Å². The zero-order valence-corrected chi connectivity index (χ0v) is 11.0. The first kappa shape index (κ1) is 12.0. The van der Waals surface area contributed by atoms with Gasteiger partial charge in [-0.25, -0.2) is 4.98 Å². The number of rotatable bonds is 2. The molecule has 0 bridgehead atoms. The van der Waals surface area contributed by atoms with E-state index in [0.29, 0.717) is 22.9 Å².